The highest BCUT2D eigenvalue weighted by Crippen LogP contribution is 2.12. The van der Waals surface area contributed by atoms with Gasteiger partial charge in [-0.25, -0.2) is 22.9 Å². The lowest BCUT2D eigenvalue weighted by atomic mass is 10.5. The average molecular weight is 287 g/mol. The molecule has 0 saturated heterocycles. The Labute approximate surface area is 107 Å². The normalized spacial score (nSPS) is 11.6. The molecule has 2 rings (SSSR count). The third-order valence-corrected chi connectivity index (χ3v) is 4.31. The monoisotopic (exact) mass is 287 g/mol. The number of hydrogen-bond acceptors (Lipinski definition) is 5. The average Bonchev–Trinajstić information content (AvgIpc) is 2.98. The molecule has 0 aliphatic carbocycles. The highest BCUT2D eigenvalue weighted by atomic mass is 32.2. The molecule has 2 heterocycles. The molecule has 2 aromatic heterocycles. The van der Waals surface area contributed by atoms with E-state index < -0.39 is 16.0 Å². The van der Waals surface area contributed by atoms with Crippen LogP contribution in [0.5, 0.6) is 0 Å². The highest BCUT2D eigenvalue weighted by molar-refractivity contribution is 7.89. The van der Waals surface area contributed by atoms with Crippen LogP contribution in [0.15, 0.2) is 28.7 Å². The van der Waals surface area contributed by atoms with E-state index in [1.54, 1.807) is 0 Å². The van der Waals surface area contributed by atoms with Crippen molar-refractivity contribution in [3.05, 3.63) is 34.5 Å². The van der Waals surface area contributed by atoms with Crippen molar-refractivity contribution in [3.63, 3.8) is 0 Å². The van der Waals surface area contributed by atoms with Crippen molar-refractivity contribution >= 4 is 27.3 Å². The molecular formula is C9H9N3O4S2. The van der Waals surface area contributed by atoms with E-state index in [0.29, 0.717) is 5.01 Å². The van der Waals surface area contributed by atoms with E-state index in [4.69, 9.17) is 5.11 Å². The summed E-state index contributed by atoms with van der Waals surface area (Å²) in [4.78, 5) is 17.1. The molecule has 0 fully saturated rings. The first-order valence-electron chi connectivity index (χ1n) is 4.79. The second-order valence-electron chi connectivity index (χ2n) is 3.30. The summed E-state index contributed by atoms with van der Waals surface area (Å²) in [5.41, 5.74) is -0.0872. The number of rotatable bonds is 5. The van der Waals surface area contributed by atoms with Crippen LogP contribution in [0.3, 0.4) is 0 Å². The van der Waals surface area contributed by atoms with Crippen molar-refractivity contribution in [1.82, 2.24) is 14.7 Å². The Morgan fingerprint density at radius 2 is 2.33 bits per heavy atom. The van der Waals surface area contributed by atoms with Gasteiger partial charge in [-0.2, -0.15) is 0 Å². The molecule has 0 aliphatic heterocycles. The van der Waals surface area contributed by atoms with Crippen LogP contribution in [0.1, 0.15) is 15.5 Å². The number of sulfonamides is 1. The van der Waals surface area contributed by atoms with Crippen molar-refractivity contribution in [1.29, 1.82) is 0 Å². The number of hydrogen-bond donors (Lipinski definition) is 3. The number of aromatic nitrogens is 2. The number of carbonyl (C=O) groups is 1. The summed E-state index contributed by atoms with van der Waals surface area (Å²) >= 11 is 1.09. The molecule has 0 radical (unpaired) electrons. The Kier molecular flexibility index (Phi) is 3.45. The fourth-order valence-electron chi connectivity index (χ4n) is 1.21. The highest BCUT2D eigenvalue weighted by Gasteiger charge is 2.15. The summed E-state index contributed by atoms with van der Waals surface area (Å²) < 4.78 is 25.8. The number of carboxylic acid groups (broad SMARTS) is 1. The van der Waals surface area contributed by atoms with E-state index in [-0.39, 0.29) is 17.1 Å². The molecule has 0 aliphatic rings. The third kappa shape index (κ3) is 2.75. The zero-order valence-electron chi connectivity index (χ0n) is 8.95. The fraction of sp³-hybridized carbons (Fsp3) is 0.111. The van der Waals surface area contributed by atoms with Crippen LogP contribution in [0, 0.1) is 0 Å². The Balaban J connectivity index is 2.05. The van der Waals surface area contributed by atoms with Gasteiger partial charge in [-0.05, 0) is 6.07 Å². The zero-order valence-corrected chi connectivity index (χ0v) is 10.6. The van der Waals surface area contributed by atoms with E-state index in [1.807, 2.05) is 0 Å². The largest absolute Gasteiger partial charge is 0.476 e. The Hall–Kier alpha value is -1.71. The minimum Gasteiger partial charge on any atom is -0.476 e. The molecule has 0 saturated carbocycles. The second kappa shape index (κ2) is 4.88. The molecule has 3 N–H and O–H groups in total. The lowest BCUT2D eigenvalue weighted by Gasteiger charge is -2.01. The van der Waals surface area contributed by atoms with Gasteiger partial charge in [0.2, 0.25) is 10.0 Å². The van der Waals surface area contributed by atoms with Crippen molar-refractivity contribution < 1.29 is 18.3 Å². The van der Waals surface area contributed by atoms with E-state index >= 15 is 0 Å². The SMILES string of the molecule is O=C(O)c1csc(CNS(=O)(=O)c2cc[nH]c2)n1. The van der Waals surface area contributed by atoms with Gasteiger partial charge >= 0.3 is 5.97 Å². The minimum absolute atomic E-state index is 0.0363. The smallest absolute Gasteiger partial charge is 0.355 e. The summed E-state index contributed by atoms with van der Waals surface area (Å²) in [6.45, 7) is -0.0363. The Morgan fingerprint density at radius 3 is 2.89 bits per heavy atom. The van der Waals surface area contributed by atoms with Crippen LogP contribution < -0.4 is 4.72 Å². The quantitative estimate of drug-likeness (QED) is 0.747. The molecule has 96 valence electrons. The van der Waals surface area contributed by atoms with Gasteiger partial charge in [0, 0.05) is 17.8 Å². The van der Waals surface area contributed by atoms with Crippen LogP contribution in [0.2, 0.25) is 0 Å². The molecular weight excluding hydrogens is 278 g/mol. The van der Waals surface area contributed by atoms with Gasteiger partial charge in [-0.3, -0.25) is 0 Å². The molecule has 0 aromatic carbocycles. The van der Waals surface area contributed by atoms with Crippen molar-refractivity contribution in [2.24, 2.45) is 0 Å². The lowest BCUT2D eigenvalue weighted by molar-refractivity contribution is 0.0691. The number of carboxylic acids is 1. The number of nitrogens with one attached hydrogen (secondary N) is 2. The van der Waals surface area contributed by atoms with Crippen molar-refractivity contribution in [2.45, 2.75) is 11.4 Å². The van der Waals surface area contributed by atoms with Gasteiger partial charge in [0.25, 0.3) is 0 Å². The molecule has 7 nitrogen and oxygen atoms in total. The summed E-state index contributed by atoms with van der Waals surface area (Å²) in [6.07, 6.45) is 2.85. The first-order chi connectivity index (χ1) is 8.49. The van der Waals surface area contributed by atoms with Crippen LogP contribution in [-0.2, 0) is 16.6 Å². The Bertz CT molecular complexity index is 645. The van der Waals surface area contributed by atoms with E-state index in [0.717, 1.165) is 11.3 Å². The number of aromatic amines is 1. The summed E-state index contributed by atoms with van der Waals surface area (Å²) in [5.74, 6) is -1.13. The molecule has 2 aromatic rings. The van der Waals surface area contributed by atoms with Crippen LogP contribution >= 0.6 is 11.3 Å². The third-order valence-electron chi connectivity index (χ3n) is 2.06. The number of thiazole rings is 1. The van der Waals surface area contributed by atoms with Gasteiger partial charge in [-0.1, -0.05) is 0 Å². The lowest BCUT2D eigenvalue weighted by Crippen LogP contribution is -2.22. The second-order valence-corrected chi connectivity index (χ2v) is 6.01. The topological polar surface area (TPSA) is 112 Å². The molecule has 0 unspecified atom stereocenters. The molecule has 0 atom stereocenters. The maximum Gasteiger partial charge on any atom is 0.355 e. The van der Waals surface area contributed by atoms with Crippen LogP contribution in [-0.4, -0.2) is 29.5 Å². The molecule has 0 amide bonds. The van der Waals surface area contributed by atoms with E-state index in [2.05, 4.69) is 14.7 Å². The molecule has 9 heteroatoms. The first-order valence-corrected chi connectivity index (χ1v) is 7.15. The molecule has 0 spiro atoms. The fourth-order valence-corrected chi connectivity index (χ4v) is 2.97. The standard InChI is InChI=1S/C9H9N3O4S2/c13-9(14)7-5-17-8(12-7)4-11-18(15,16)6-1-2-10-3-6/h1-3,5,10-11H,4H2,(H,13,14). The summed E-state index contributed by atoms with van der Waals surface area (Å²) in [6, 6.07) is 1.42. The Morgan fingerprint density at radius 1 is 1.56 bits per heavy atom. The zero-order chi connectivity index (χ0) is 13.2. The minimum atomic E-state index is -3.59. The molecule has 18 heavy (non-hydrogen) atoms. The van der Waals surface area contributed by atoms with E-state index in [9.17, 15) is 13.2 Å². The van der Waals surface area contributed by atoms with Crippen LogP contribution in [0.4, 0.5) is 0 Å². The first kappa shape index (κ1) is 12.7. The van der Waals surface area contributed by atoms with Gasteiger partial charge < -0.3 is 10.1 Å². The summed E-state index contributed by atoms with van der Waals surface area (Å²) in [5, 5.41) is 10.4. The predicted molar refractivity (Wildman–Crippen MR) is 63.9 cm³/mol. The number of aromatic carboxylic acids is 1. The van der Waals surface area contributed by atoms with Gasteiger partial charge in [0.1, 0.15) is 5.01 Å². The number of H-pyrrole nitrogens is 1. The van der Waals surface area contributed by atoms with Gasteiger partial charge in [0.05, 0.1) is 11.4 Å². The van der Waals surface area contributed by atoms with Gasteiger partial charge in [-0.15, -0.1) is 11.3 Å². The predicted octanol–water partition coefficient (Wildman–Crippen LogP) is 0.648. The summed E-state index contributed by atoms with van der Waals surface area (Å²) in [7, 11) is -3.59. The maximum absolute atomic E-state index is 11.7. The van der Waals surface area contributed by atoms with Crippen molar-refractivity contribution in [2.75, 3.05) is 0 Å². The maximum atomic E-state index is 11.7. The van der Waals surface area contributed by atoms with Crippen LogP contribution in [0.25, 0.3) is 0 Å². The molecule has 0 bridgehead atoms. The van der Waals surface area contributed by atoms with Crippen molar-refractivity contribution in [3.8, 4) is 0 Å². The van der Waals surface area contributed by atoms with Gasteiger partial charge in [0.15, 0.2) is 5.69 Å². The van der Waals surface area contributed by atoms with E-state index in [1.165, 1.54) is 23.8 Å². The number of nitrogens with zero attached hydrogens (tertiary/aromatic N) is 1.